The minimum Gasteiger partial charge on any atom is -0.373 e. The molecule has 0 spiro atoms. The van der Waals surface area contributed by atoms with Gasteiger partial charge >= 0.3 is 0 Å². The SMILES string of the molecule is C[C@@H](N)[C@@H]1CN(C(=O)Cc2cccc(Br)c2)CCO1. The van der Waals surface area contributed by atoms with E-state index in [1.54, 1.807) is 0 Å². The summed E-state index contributed by atoms with van der Waals surface area (Å²) in [6.45, 7) is 3.71. The van der Waals surface area contributed by atoms with E-state index in [0.717, 1.165) is 10.0 Å². The lowest BCUT2D eigenvalue weighted by Gasteiger charge is -2.34. The number of carbonyl (C=O) groups excluding carboxylic acids is 1. The highest BCUT2D eigenvalue weighted by Crippen LogP contribution is 2.14. The summed E-state index contributed by atoms with van der Waals surface area (Å²) in [4.78, 5) is 14.1. The van der Waals surface area contributed by atoms with Gasteiger partial charge in [-0.3, -0.25) is 4.79 Å². The first-order valence-corrected chi connectivity index (χ1v) is 7.25. The fourth-order valence-electron chi connectivity index (χ4n) is 2.15. The van der Waals surface area contributed by atoms with E-state index in [2.05, 4.69) is 15.9 Å². The van der Waals surface area contributed by atoms with Crippen LogP contribution in [0.1, 0.15) is 12.5 Å². The zero-order valence-corrected chi connectivity index (χ0v) is 12.6. The van der Waals surface area contributed by atoms with E-state index >= 15 is 0 Å². The van der Waals surface area contributed by atoms with Crippen molar-refractivity contribution in [2.45, 2.75) is 25.5 Å². The molecule has 1 heterocycles. The first-order valence-electron chi connectivity index (χ1n) is 6.45. The van der Waals surface area contributed by atoms with E-state index in [-0.39, 0.29) is 18.1 Å². The second-order valence-corrected chi connectivity index (χ2v) is 5.83. The number of ether oxygens (including phenoxy) is 1. The van der Waals surface area contributed by atoms with Crippen molar-refractivity contribution in [3.8, 4) is 0 Å². The highest BCUT2D eigenvalue weighted by Gasteiger charge is 2.26. The van der Waals surface area contributed by atoms with E-state index in [9.17, 15) is 4.79 Å². The van der Waals surface area contributed by atoms with Gasteiger partial charge in [0.05, 0.1) is 19.1 Å². The predicted octanol–water partition coefficient (Wildman–Crippen LogP) is 1.57. The van der Waals surface area contributed by atoms with Gasteiger partial charge in [-0.15, -0.1) is 0 Å². The van der Waals surface area contributed by atoms with E-state index in [1.165, 1.54) is 0 Å². The predicted molar refractivity (Wildman–Crippen MR) is 77.8 cm³/mol. The molecule has 2 atom stereocenters. The summed E-state index contributed by atoms with van der Waals surface area (Å²) in [5.74, 6) is 0.132. The molecule has 1 fully saturated rings. The van der Waals surface area contributed by atoms with Gasteiger partial charge in [-0.25, -0.2) is 0 Å². The Morgan fingerprint density at radius 3 is 3.11 bits per heavy atom. The van der Waals surface area contributed by atoms with Crippen LogP contribution in [0.3, 0.4) is 0 Å². The lowest BCUT2D eigenvalue weighted by Crippen LogP contribution is -2.51. The van der Waals surface area contributed by atoms with Gasteiger partial charge in [0.25, 0.3) is 0 Å². The third-order valence-electron chi connectivity index (χ3n) is 3.28. The molecule has 1 aliphatic rings. The molecule has 19 heavy (non-hydrogen) atoms. The van der Waals surface area contributed by atoms with E-state index < -0.39 is 0 Å². The molecule has 1 aromatic rings. The van der Waals surface area contributed by atoms with Crippen LogP contribution in [0.4, 0.5) is 0 Å². The minimum absolute atomic E-state index is 0.0542. The lowest BCUT2D eigenvalue weighted by atomic mass is 10.1. The third kappa shape index (κ3) is 4.03. The van der Waals surface area contributed by atoms with Crippen molar-refractivity contribution in [3.63, 3.8) is 0 Å². The Hall–Kier alpha value is -0.910. The highest BCUT2D eigenvalue weighted by molar-refractivity contribution is 9.10. The van der Waals surface area contributed by atoms with Gasteiger partial charge < -0.3 is 15.4 Å². The summed E-state index contributed by atoms with van der Waals surface area (Å²) in [7, 11) is 0. The fourth-order valence-corrected chi connectivity index (χ4v) is 2.60. The molecule has 0 aromatic heterocycles. The van der Waals surface area contributed by atoms with Gasteiger partial charge in [-0.2, -0.15) is 0 Å². The molecular weight excluding hydrogens is 308 g/mol. The number of nitrogens with two attached hydrogens (primary N) is 1. The number of hydrogen-bond acceptors (Lipinski definition) is 3. The van der Waals surface area contributed by atoms with Crippen LogP contribution in [0, 0.1) is 0 Å². The van der Waals surface area contributed by atoms with Gasteiger partial charge in [-0.1, -0.05) is 28.1 Å². The van der Waals surface area contributed by atoms with Gasteiger partial charge in [0.15, 0.2) is 0 Å². The van der Waals surface area contributed by atoms with Crippen molar-refractivity contribution >= 4 is 21.8 Å². The van der Waals surface area contributed by atoms with Crippen LogP contribution in [0.2, 0.25) is 0 Å². The zero-order valence-electron chi connectivity index (χ0n) is 11.0. The molecule has 0 bridgehead atoms. The second-order valence-electron chi connectivity index (χ2n) is 4.91. The average molecular weight is 327 g/mol. The maximum atomic E-state index is 12.3. The van der Waals surface area contributed by atoms with Crippen LogP contribution < -0.4 is 5.73 Å². The van der Waals surface area contributed by atoms with Crippen molar-refractivity contribution in [3.05, 3.63) is 34.3 Å². The largest absolute Gasteiger partial charge is 0.373 e. The standard InChI is InChI=1S/C14H19BrN2O2/c1-10(16)13-9-17(5-6-19-13)14(18)8-11-3-2-4-12(15)7-11/h2-4,7,10,13H,5-6,8-9,16H2,1H3/t10-,13+/m1/s1. The fraction of sp³-hybridized carbons (Fsp3) is 0.500. The monoisotopic (exact) mass is 326 g/mol. The van der Waals surface area contributed by atoms with Crippen LogP contribution in [0.15, 0.2) is 28.7 Å². The van der Waals surface area contributed by atoms with Gasteiger partial charge in [-0.05, 0) is 24.6 Å². The molecule has 0 unspecified atom stereocenters. The number of amides is 1. The molecule has 2 N–H and O–H groups in total. The summed E-state index contributed by atoms with van der Waals surface area (Å²) in [6.07, 6.45) is 0.366. The molecule has 0 saturated carbocycles. The molecule has 4 nitrogen and oxygen atoms in total. The summed E-state index contributed by atoms with van der Waals surface area (Å²) in [5.41, 5.74) is 6.85. The number of halogens is 1. The van der Waals surface area contributed by atoms with E-state index in [1.807, 2.05) is 36.1 Å². The lowest BCUT2D eigenvalue weighted by molar-refractivity contribution is -0.138. The van der Waals surface area contributed by atoms with Crippen LogP contribution in [0.5, 0.6) is 0 Å². The first kappa shape index (κ1) is 14.5. The Morgan fingerprint density at radius 2 is 2.42 bits per heavy atom. The number of carbonyl (C=O) groups is 1. The van der Waals surface area contributed by atoms with E-state index in [4.69, 9.17) is 10.5 Å². The third-order valence-corrected chi connectivity index (χ3v) is 3.77. The van der Waals surface area contributed by atoms with Gasteiger partial charge in [0, 0.05) is 23.6 Å². The van der Waals surface area contributed by atoms with Gasteiger partial charge in [0.1, 0.15) is 0 Å². The van der Waals surface area contributed by atoms with Gasteiger partial charge in [0.2, 0.25) is 5.91 Å². The van der Waals surface area contributed by atoms with Crippen molar-refractivity contribution in [2.75, 3.05) is 19.7 Å². The summed E-state index contributed by atoms with van der Waals surface area (Å²) >= 11 is 3.42. The maximum Gasteiger partial charge on any atom is 0.227 e. The number of morpholine rings is 1. The Bertz CT molecular complexity index is 451. The van der Waals surface area contributed by atoms with Crippen LogP contribution in [0.25, 0.3) is 0 Å². The number of rotatable bonds is 3. The molecule has 1 saturated heterocycles. The van der Waals surface area contributed by atoms with Crippen molar-refractivity contribution < 1.29 is 9.53 Å². The molecule has 2 rings (SSSR count). The minimum atomic E-state index is -0.0554. The Morgan fingerprint density at radius 1 is 1.63 bits per heavy atom. The number of benzene rings is 1. The summed E-state index contributed by atoms with van der Waals surface area (Å²) < 4.78 is 6.56. The molecule has 1 aliphatic heterocycles. The average Bonchev–Trinajstić information content (AvgIpc) is 2.39. The summed E-state index contributed by atoms with van der Waals surface area (Å²) in [6, 6.07) is 7.78. The quantitative estimate of drug-likeness (QED) is 0.917. The highest BCUT2D eigenvalue weighted by atomic mass is 79.9. The van der Waals surface area contributed by atoms with Crippen molar-refractivity contribution in [1.82, 2.24) is 4.90 Å². The van der Waals surface area contributed by atoms with Crippen LogP contribution >= 0.6 is 15.9 Å². The smallest absolute Gasteiger partial charge is 0.227 e. The molecule has 1 amide bonds. The van der Waals surface area contributed by atoms with Crippen LogP contribution in [-0.4, -0.2) is 42.6 Å². The zero-order chi connectivity index (χ0) is 13.8. The maximum absolute atomic E-state index is 12.3. The molecule has 1 aromatic carbocycles. The molecule has 5 heteroatoms. The first-order chi connectivity index (χ1) is 9.06. The molecular formula is C14H19BrN2O2. The Labute approximate surface area is 122 Å². The molecule has 104 valence electrons. The van der Waals surface area contributed by atoms with Crippen molar-refractivity contribution in [1.29, 1.82) is 0 Å². The molecule has 0 radical (unpaired) electrons. The number of nitrogens with zero attached hydrogens (tertiary/aromatic N) is 1. The topological polar surface area (TPSA) is 55.6 Å². The second kappa shape index (κ2) is 6.50. The summed E-state index contributed by atoms with van der Waals surface area (Å²) in [5, 5.41) is 0. The molecule has 0 aliphatic carbocycles. The van der Waals surface area contributed by atoms with Crippen molar-refractivity contribution in [2.24, 2.45) is 5.73 Å². The van der Waals surface area contributed by atoms with E-state index in [0.29, 0.717) is 26.1 Å². The Balaban J connectivity index is 1.96. The Kier molecular flexibility index (Phi) is 4.96. The normalized spacial score (nSPS) is 21.2. The number of hydrogen-bond donors (Lipinski definition) is 1. The van der Waals surface area contributed by atoms with Crippen LogP contribution in [-0.2, 0) is 16.0 Å².